The van der Waals surface area contributed by atoms with Gasteiger partial charge in [0.1, 0.15) is 17.4 Å². The Morgan fingerprint density at radius 2 is 1.79 bits per heavy atom. The number of hydrogen-bond donors (Lipinski definition) is 1. The zero-order chi connectivity index (χ0) is 22.8. The predicted octanol–water partition coefficient (Wildman–Crippen LogP) is 2.39. The quantitative estimate of drug-likeness (QED) is 0.438. The van der Waals surface area contributed by atoms with E-state index in [-0.39, 0.29) is 18.0 Å². The highest BCUT2D eigenvalue weighted by molar-refractivity contribution is 5.88. The van der Waals surface area contributed by atoms with Gasteiger partial charge in [0, 0.05) is 31.3 Å². The fraction of sp³-hybridized carbons (Fsp3) is 0.125. The molecule has 1 aromatic carbocycles. The van der Waals surface area contributed by atoms with Crippen molar-refractivity contribution in [3.63, 3.8) is 0 Å². The monoisotopic (exact) mass is 439 g/mol. The largest absolute Gasteiger partial charge is 0.350 e. The third kappa shape index (κ3) is 3.91. The molecular formula is C24H21N7O2. The van der Waals surface area contributed by atoms with E-state index in [0.717, 1.165) is 11.3 Å². The van der Waals surface area contributed by atoms with E-state index in [9.17, 15) is 9.59 Å². The van der Waals surface area contributed by atoms with E-state index >= 15 is 0 Å². The van der Waals surface area contributed by atoms with Crippen LogP contribution in [0.1, 0.15) is 11.3 Å². The second kappa shape index (κ2) is 8.54. The number of aromatic nitrogens is 6. The van der Waals surface area contributed by atoms with E-state index in [2.05, 4.69) is 15.4 Å². The maximum atomic E-state index is 13.5. The maximum Gasteiger partial charge on any atom is 0.280 e. The minimum absolute atomic E-state index is 0.197. The molecule has 33 heavy (non-hydrogen) atoms. The van der Waals surface area contributed by atoms with Crippen molar-refractivity contribution in [2.45, 2.75) is 20.0 Å². The average Bonchev–Trinajstić information content (AvgIpc) is 3.50. The molecule has 5 rings (SSSR count). The highest BCUT2D eigenvalue weighted by atomic mass is 16.2. The number of carbonyl (C=O) groups is 1. The highest BCUT2D eigenvalue weighted by Crippen LogP contribution is 2.24. The molecule has 1 N–H and O–H groups in total. The molecule has 0 aliphatic rings. The molecule has 5 aromatic rings. The first-order valence-electron chi connectivity index (χ1n) is 10.5. The first kappa shape index (κ1) is 20.4. The van der Waals surface area contributed by atoms with Crippen LogP contribution in [0.4, 0.5) is 0 Å². The molecule has 0 aliphatic carbocycles. The average molecular weight is 439 g/mol. The lowest BCUT2D eigenvalue weighted by atomic mass is 10.2. The molecule has 0 aliphatic heterocycles. The van der Waals surface area contributed by atoms with Crippen LogP contribution in [-0.4, -0.2) is 35.0 Å². The lowest BCUT2D eigenvalue weighted by Gasteiger charge is -2.10. The zero-order valence-electron chi connectivity index (χ0n) is 17.9. The van der Waals surface area contributed by atoms with Gasteiger partial charge in [0.05, 0.1) is 11.4 Å². The van der Waals surface area contributed by atoms with Crippen molar-refractivity contribution in [1.29, 1.82) is 0 Å². The normalized spacial score (nSPS) is 11.1. The number of rotatable bonds is 6. The van der Waals surface area contributed by atoms with Gasteiger partial charge in [-0.05, 0) is 42.8 Å². The SMILES string of the molecule is Cc1nn(CC(=O)NCc2cccnc2)c(=O)c2c(-n3cccc3)n(-c3ccccc3)nc12. The number of aryl methyl sites for hydroxylation is 1. The summed E-state index contributed by atoms with van der Waals surface area (Å²) in [4.78, 5) is 30.1. The summed E-state index contributed by atoms with van der Waals surface area (Å²) in [5.41, 5.74) is 2.37. The van der Waals surface area contributed by atoms with Crippen LogP contribution < -0.4 is 10.9 Å². The summed E-state index contributed by atoms with van der Waals surface area (Å²) >= 11 is 0. The first-order chi connectivity index (χ1) is 16.1. The van der Waals surface area contributed by atoms with Gasteiger partial charge in [0.15, 0.2) is 5.82 Å². The number of fused-ring (bicyclic) bond motifs is 1. The van der Waals surface area contributed by atoms with Crippen LogP contribution in [0.25, 0.3) is 22.4 Å². The van der Waals surface area contributed by atoms with Crippen molar-refractivity contribution in [2.75, 3.05) is 0 Å². The first-order valence-corrected chi connectivity index (χ1v) is 10.5. The Bertz CT molecular complexity index is 1470. The van der Waals surface area contributed by atoms with Crippen LogP contribution >= 0.6 is 0 Å². The number of para-hydroxylation sites is 1. The van der Waals surface area contributed by atoms with Crippen molar-refractivity contribution in [2.24, 2.45) is 0 Å². The lowest BCUT2D eigenvalue weighted by Crippen LogP contribution is -2.34. The third-order valence-corrected chi connectivity index (χ3v) is 5.28. The van der Waals surface area contributed by atoms with Gasteiger partial charge >= 0.3 is 0 Å². The smallest absolute Gasteiger partial charge is 0.280 e. The van der Waals surface area contributed by atoms with Gasteiger partial charge in [0.25, 0.3) is 5.56 Å². The lowest BCUT2D eigenvalue weighted by molar-refractivity contribution is -0.122. The van der Waals surface area contributed by atoms with Crippen LogP contribution in [0, 0.1) is 6.92 Å². The standard InChI is InChI=1S/C24H21N7O2/c1-17-22-21(23(29-12-5-6-13-29)31(28-22)19-9-3-2-4-10-19)24(33)30(27-17)16-20(32)26-15-18-8-7-11-25-14-18/h2-14H,15-16H2,1H3,(H,26,32). The number of benzene rings is 1. The van der Waals surface area contributed by atoms with Crippen LogP contribution in [0.3, 0.4) is 0 Å². The van der Waals surface area contributed by atoms with Crippen LogP contribution in [0.15, 0.2) is 84.2 Å². The minimum atomic E-state index is -0.377. The Balaban J connectivity index is 1.57. The predicted molar refractivity (Wildman–Crippen MR) is 123 cm³/mol. The Labute approximate surface area is 188 Å². The van der Waals surface area contributed by atoms with Crippen molar-refractivity contribution in [1.82, 2.24) is 34.4 Å². The van der Waals surface area contributed by atoms with Gasteiger partial charge in [-0.15, -0.1) is 0 Å². The molecule has 4 aromatic heterocycles. The molecule has 0 unspecified atom stereocenters. The molecule has 0 radical (unpaired) electrons. The Morgan fingerprint density at radius 3 is 2.52 bits per heavy atom. The molecular weight excluding hydrogens is 418 g/mol. The molecule has 0 saturated carbocycles. The Morgan fingerprint density at radius 1 is 1.00 bits per heavy atom. The summed E-state index contributed by atoms with van der Waals surface area (Å²) < 4.78 is 4.77. The van der Waals surface area contributed by atoms with Crippen molar-refractivity contribution in [3.8, 4) is 11.5 Å². The summed E-state index contributed by atoms with van der Waals surface area (Å²) in [5, 5.41) is 12.3. The number of hydrogen-bond acceptors (Lipinski definition) is 5. The summed E-state index contributed by atoms with van der Waals surface area (Å²) in [7, 11) is 0. The van der Waals surface area contributed by atoms with Gasteiger partial charge in [0.2, 0.25) is 5.91 Å². The van der Waals surface area contributed by atoms with Crippen LogP contribution in [-0.2, 0) is 17.9 Å². The second-order valence-corrected chi connectivity index (χ2v) is 7.57. The molecule has 4 heterocycles. The van der Waals surface area contributed by atoms with Crippen LogP contribution in [0.5, 0.6) is 0 Å². The summed E-state index contributed by atoms with van der Waals surface area (Å²) in [5.74, 6) is 0.284. The maximum absolute atomic E-state index is 13.5. The minimum Gasteiger partial charge on any atom is -0.350 e. The molecule has 0 saturated heterocycles. The molecule has 0 bridgehead atoms. The van der Waals surface area contributed by atoms with Gasteiger partial charge in [-0.2, -0.15) is 10.2 Å². The second-order valence-electron chi connectivity index (χ2n) is 7.57. The summed E-state index contributed by atoms with van der Waals surface area (Å²) in [6.07, 6.45) is 7.07. The molecule has 0 atom stereocenters. The number of pyridine rings is 1. The van der Waals surface area contributed by atoms with Crippen LogP contribution in [0.2, 0.25) is 0 Å². The molecule has 164 valence electrons. The number of carbonyl (C=O) groups excluding carboxylic acids is 1. The van der Waals surface area contributed by atoms with Crippen molar-refractivity contribution < 1.29 is 4.79 Å². The molecule has 0 spiro atoms. The molecule has 1 amide bonds. The molecule has 0 fully saturated rings. The van der Waals surface area contributed by atoms with E-state index in [4.69, 9.17) is 5.10 Å². The summed E-state index contributed by atoms with van der Waals surface area (Å²) in [6, 6.07) is 17.0. The third-order valence-electron chi connectivity index (χ3n) is 5.28. The van der Waals surface area contributed by atoms with Gasteiger partial charge < -0.3 is 9.88 Å². The topological polar surface area (TPSA) is 99.6 Å². The van der Waals surface area contributed by atoms with Gasteiger partial charge in [-0.25, -0.2) is 9.36 Å². The van der Waals surface area contributed by atoms with E-state index < -0.39 is 0 Å². The van der Waals surface area contributed by atoms with Crippen molar-refractivity contribution in [3.05, 3.63) is 101 Å². The van der Waals surface area contributed by atoms with E-state index in [0.29, 0.717) is 29.0 Å². The van der Waals surface area contributed by atoms with E-state index in [1.54, 1.807) is 30.1 Å². The van der Waals surface area contributed by atoms with E-state index in [1.807, 2.05) is 65.5 Å². The Hall–Kier alpha value is -4.53. The fourth-order valence-corrected chi connectivity index (χ4v) is 3.73. The van der Waals surface area contributed by atoms with Crippen molar-refractivity contribution >= 4 is 16.8 Å². The summed E-state index contributed by atoms with van der Waals surface area (Å²) in [6.45, 7) is 1.91. The molecule has 9 heteroatoms. The number of nitrogens with zero attached hydrogens (tertiary/aromatic N) is 6. The highest BCUT2D eigenvalue weighted by Gasteiger charge is 2.22. The number of nitrogens with one attached hydrogen (secondary N) is 1. The zero-order valence-corrected chi connectivity index (χ0v) is 17.9. The number of amides is 1. The van der Waals surface area contributed by atoms with Gasteiger partial charge in [-0.3, -0.25) is 14.6 Å². The molecule has 9 nitrogen and oxygen atoms in total. The Kier molecular flexibility index (Phi) is 5.27. The fourth-order valence-electron chi connectivity index (χ4n) is 3.73. The van der Waals surface area contributed by atoms with Gasteiger partial charge in [-0.1, -0.05) is 24.3 Å². The van der Waals surface area contributed by atoms with E-state index in [1.165, 1.54) is 4.68 Å².